The zero-order valence-electron chi connectivity index (χ0n) is 18.1. The molecule has 0 saturated heterocycles. The number of hydrogen-bond donors (Lipinski definition) is 2. The van der Waals surface area contributed by atoms with Gasteiger partial charge in [-0.1, -0.05) is 18.2 Å². The maximum atomic E-state index is 12.4. The van der Waals surface area contributed by atoms with Gasteiger partial charge in [0.05, 0.1) is 24.9 Å². The number of aromatic amines is 1. The van der Waals surface area contributed by atoms with Crippen LogP contribution in [0.2, 0.25) is 0 Å². The molecule has 0 spiro atoms. The van der Waals surface area contributed by atoms with Crippen molar-refractivity contribution >= 4 is 23.0 Å². The minimum Gasteiger partial charge on any atom is -0.490 e. The van der Waals surface area contributed by atoms with Gasteiger partial charge in [-0.3, -0.25) is 4.98 Å². The summed E-state index contributed by atoms with van der Waals surface area (Å²) in [6.07, 6.45) is 4.83. The standard InChI is InChI=1S/C23H27N3O5/c1-23(2,3)31-22(28)26-17(9-15-12-25-20-8-6-5-7-19(15)20)14-30-18-10-16(11-24-13-18)21(27)29-4/h5-8,10-13,17,25H,9,14H2,1-4H3,(H,26,28)/t17-/m1/s1. The largest absolute Gasteiger partial charge is 0.490 e. The summed E-state index contributed by atoms with van der Waals surface area (Å²) >= 11 is 0. The second kappa shape index (κ2) is 9.51. The molecule has 1 atom stereocenters. The lowest BCUT2D eigenvalue weighted by Gasteiger charge is -2.24. The van der Waals surface area contributed by atoms with Gasteiger partial charge in [0.1, 0.15) is 18.0 Å². The van der Waals surface area contributed by atoms with Gasteiger partial charge >= 0.3 is 12.1 Å². The Morgan fingerprint density at radius 1 is 1.19 bits per heavy atom. The van der Waals surface area contributed by atoms with E-state index in [-0.39, 0.29) is 18.2 Å². The molecule has 1 aromatic carbocycles. The van der Waals surface area contributed by atoms with Gasteiger partial charge in [0.15, 0.2) is 0 Å². The van der Waals surface area contributed by atoms with E-state index in [0.29, 0.717) is 12.2 Å². The number of amides is 1. The van der Waals surface area contributed by atoms with Crippen molar-refractivity contribution in [3.05, 3.63) is 60.0 Å². The Morgan fingerprint density at radius 2 is 1.97 bits per heavy atom. The fourth-order valence-electron chi connectivity index (χ4n) is 3.12. The summed E-state index contributed by atoms with van der Waals surface area (Å²) in [7, 11) is 1.30. The fraction of sp³-hybridized carbons (Fsp3) is 0.348. The van der Waals surface area contributed by atoms with Crippen LogP contribution in [0, 0.1) is 0 Å². The quantitative estimate of drug-likeness (QED) is 0.557. The van der Waals surface area contributed by atoms with E-state index in [1.54, 1.807) is 6.07 Å². The Bertz CT molecular complexity index is 1050. The zero-order valence-corrected chi connectivity index (χ0v) is 18.1. The second-order valence-corrected chi connectivity index (χ2v) is 8.12. The number of ether oxygens (including phenoxy) is 3. The SMILES string of the molecule is COC(=O)c1cncc(OC[C@@H](Cc2c[nH]c3ccccc23)NC(=O)OC(C)(C)C)c1. The van der Waals surface area contributed by atoms with Crippen molar-refractivity contribution in [1.82, 2.24) is 15.3 Å². The summed E-state index contributed by atoms with van der Waals surface area (Å²) in [5.41, 5.74) is 1.73. The third kappa shape index (κ3) is 6.21. The highest BCUT2D eigenvalue weighted by atomic mass is 16.6. The molecule has 3 rings (SSSR count). The summed E-state index contributed by atoms with van der Waals surface area (Å²) in [4.78, 5) is 31.4. The molecule has 0 unspecified atom stereocenters. The monoisotopic (exact) mass is 425 g/mol. The van der Waals surface area contributed by atoms with E-state index in [4.69, 9.17) is 14.2 Å². The summed E-state index contributed by atoms with van der Waals surface area (Å²) in [6.45, 7) is 5.58. The van der Waals surface area contributed by atoms with Crippen molar-refractivity contribution in [2.24, 2.45) is 0 Å². The van der Waals surface area contributed by atoms with Gasteiger partial charge in [0.25, 0.3) is 0 Å². The molecule has 31 heavy (non-hydrogen) atoms. The van der Waals surface area contributed by atoms with E-state index in [9.17, 15) is 9.59 Å². The fourth-order valence-corrected chi connectivity index (χ4v) is 3.12. The number of nitrogens with one attached hydrogen (secondary N) is 2. The molecule has 2 N–H and O–H groups in total. The van der Waals surface area contributed by atoms with E-state index in [2.05, 4.69) is 15.3 Å². The normalized spacial score (nSPS) is 12.3. The van der Waals surface area contributed by atoms with Gasteiger partial charge in [-0.05, 0) is 44.9 Å². The molecule has 2 heterocycles. The Labute approximate surface area is 180 Å². The maximum absolute atomic E-state index is 12.4. The Kier molecular flexibility index (Phi) is 6.79. The van der Waals surface area contributed by atoms with Crippen LogP contribution in [0.1, 0.15) is 36.7 Å². The van der Waals surface area contributed by atoms with Crippen LogP contribution < -0.4 is 10.1 Å². The van der Waals surface area contributed by atoms with Crippen molar-refractivity contribution in [1.29, 1.82) is 0 Å². The minimum absolute atomic E-state index is 0.158. The second-order valence-electron chi connectivity index (χ2n) is 8.12. The van der Waals surface area contributed by atoms with Gasteiger partial charge in [-0.2, -0.15) is 0 Å². The minimum atomic E-state index is -0.616. The molecule has 0 bridgehead atoms. The topological polar surface area (TPSA) is 103 Å². The first kappa shape index (κ1) is 22.1. The molecule has 8 heteroatoms. The Balaban J connectivity index is 1.75. The van der Waals surface area contributed by atoms with Crippen LogP contribution in [0.15, 0.2) is 48.9 Å². The number of methoxy groups -OCH3 is 1. The zero-order chi connectivity index (χ0) is 22.4. The first-order valence-corrected chi connectivity index (χ1v) is 9.96. The number of hydrogen-bond acceptors (Lipinski definition) is 6. The molecule has 8 nitrogen and oxygen atoms in total. The number of para-hydroxylation sites is 1. The van der Waals surface area contributed by atoms with Crippen LogP contribution in [0.25, 0.3) is 10.9 Å². The molecule has 1 amide bonds. The number of aromatic nitrogens is 2. The molecule has 0 aliphatic heterocycles. The van der Waals surface area contributed by atoms with E-state index in [0.717, 1.165) is 16.5 Å². The van der Waals surface area contributed by atoms with Gasteiger partial charge < -0.3 is 24.5 Å². The highest BCUT2D eigenvalue weighted by Crippen LogP contribution is 2.20. The van der Waals surface area contributed by atoms with Crippen molar-refractivity contribution in [2.75, 3.05) is 13.7 Å². The Hall–Kier alpha value is -3.55. The number of carbonyl (C=O) groups excluding carboxylic acids is 2. The lowest BCUT2D eigenvalue weighted by atomic mass is 10.1. The van der Waals surface area contributed by atoms with Gasteiger partial charge in [-0.15, -0.1) is 0 Å². The summed E-state index contributed by atoms with van der Waals surface area (Å²) < 4.78 is 16.0. The average molecular weight is 425 g/mol. The maximum Gasteiger partial charge on any atom is 0.408 e. The highest BCUT2D eigenvalue weighted by Gasteiger charge is 2.21. The number of alkyl carbamates (subject to hydrolysis) is 1. The van der Waals surface area contributed by atoms with Gasteiger partial charge in [0, 0.05) is 23.3 Å². The number of H-pyrrole nitrogens is 1. The number of fused-ring (bicyclic) bond motifs is 1. The van der Waals surface area contributed by atoms with Crippen molar-refractivity contribution in [3.8, 4) is 5.75 Å². The number of rotatable bonds is 7. The molecule has 2 aromatic heterocycles. The smallest absolute Gasteiger partial charge is 0.408 e. The Morgan fingerprint density at radius 3 is 2.71 bits per heavy atom. The third-order valence-corrected chi connectivity index (χ3v) is 4.45. The van der Waals surface area contributed by atoms with E-state index in [1.807, 2.05) is 51.2 Å². The van der Waals surface area contributed by atoms with Crippen molar-refractivity contribution in [3.63, 3.8) is 0 Å². The molecular weight excluding hydrogens is 398 g/mol. The number of carbonyl (C=O) groups is 2. The first-order valence-electron chi connectivity index (χ1n) is 9.96. The van der Waals surface area contributed by atoms with Crippen molar-refractivity contribution < 1.29 is 23.8 Å². The molecule has 0 saturated carbocycles. The molecule has 0 fully saturated rings. The number of esters is 1. The van der Waals surface area contributed by atoms with Crippen LogP contribution >= 0.6 is 0 Å². The molecule has 0 radical (unpaired) electrons. The number of nitrogens with zero attached hydrogens (tertiary/aromatic N) is 1. The van der Waals surface area contributed by atoms with E-state index >= 15 is 0 Å². The van der Waals surface area contributed by atoms with Crippen LogP contribution in [-0.2, 0) is 15.9 Å². The van der Waals surface area contributed by atoms with Gasteiger partial charge in [0.2, 0.25) is 0 Å². The number of benzene rings is 1. The van der Waals surface area contributed by atoms with Gasteiger partial charge in [-0.25, -0.2) is 9.59 Å². The van der Waals surface area contributed by atoms with Crippen molar-refractivity contribution in [2.45, 2.75) is 38.8 Å². The van der Waals surface area contributed by atoms with Crippen LogP contribution in [0.5, 0.6) is 5.75 Å². The van der Waals surface area contributed by atoms with E-state index in [1.165, 1.54) is 19.5 Å². The summed E-state index contributed by atoms with van der Waals surface area (Å²) in [6, 6.07) is 9.12. The average Bonchev–Trinajstić information content (AvgIpc) is 3.13. The molecule has 3 aromatic rings. The lowest BCUT2D eigenvalue weighted by Crippen LogP contribution is -2.43. The number of pyridine rings is 1. The molecular formula is C23H27N3O5. The van der Waals surface area contributed by atoms with Crippen LogP contribution in [-0.4, -0.2) is 47.4 Å². The summed E-state index contributed by atoms with van der Waals surface area (Å²) in [5, 5.41) is 3.96. The first-order chi connectivity index (χ1) is 14.7. The molecule has 0 aliphatic rings. The molecule has 164 valence electrons. The van der Waals surface area contributed by atoms with E-state index < -0.39 is 17.7 Å². The highest BCUT2D eigenvalue weighted by molar-refractivity contribution is 5.89. The predicted molar refractivity (Wildman–Crippen MR) is 116 cm³/mol. The molecule has 0 aliphatic carbocycles. The predicted octanol–water partition coefficient (Wildman–Crippen LogP) is 3.86. The van der Waals surface area contributed by atoms with Crippen LogP contribution in [0.4, 0.5) is 4.79 Å². The lowest BCUT2D eigenvalue weighted by molar-refractivity contribution is 0.0487. The van der Waals surface area contributed by atoms with Crippen LogP contribution in [0.3, 0.4) is 0 Å². The third-order valence-electron chi connectivity index (χ3n) is 4.45. The summed E-state index contributed by atoms with van der Waals surface area (Å²) in [5.74, 6) is -0.0991.